The van der Waals surface area contributed by atoms with E-state index in [0.29, 0.717) is 92.6 Å². The number of ether oxygens (including phenoxy) is 9. The number of fused-ring (bicyclic) bond motifs is 2. The molecule has 5 aromatic rings. The van der Waals surface area contributed by atoms with E-state index in [1.807, 2.05) is 30.3 Å². The number of carboxylic acids is 1. The molecule has 14 nitrogen and oxygen atoms in total. The first-order valence-corrected chi connectivity index (χ1v) is 32.5. The molecule has 0 aliphatic heterocycles. The lowest BCUT2D eigenvalue weighted by Crippen LogP contribution is -2.43. The molecule has 0 radical (unpaired) electrons. The summed E-state index contributed by atoms with van der Waals surface area (Å²) in [5.74, 6) is -12.3. The Morgan fingerprint density at radius 2 is 0.807 bits per heavy atom. The number of hydrogen-bond donors (Lipinski definition) is 1. The van der Waals surface area contributed by atoms with E-state index in [1.54, 1.807) is 52.7 Å². The molecule has 0 amide bonds. The van der Waals surface area contributed by atoms with Crippen LogP contribution in [0.4, 0.5) is 22.0 Å². The van der Waals surface area contributed by atoms with Crippen LogP contribution in [0.25, 0.3) is 11.1 Å². The highest BCUT2D eigenvalue weighted by Gasteiger charge is 2.42. The largest absolute Gasteiger partial charge is 0.541 e. The number of halogens is 5. The number of esters is 1. The zero-order valence-corrected chi connectivity index (χ0v) is 52.4. The van der Waals surface area contributed by atoms with Crippen LogP contribution < -0.4 is 51.5 Å². The average molecular weight is 1200 g/mol. The van der Waals surface area contributed by atoms with Crippen molar-refractivity contribution in [3.63, 3.8) is 0 Å². The monoisotopic (exact) mass is 1190 g/mol. The minimum atomic E-state index is -2.38. The second kappa shape index (κ2) is 25.6. The first-order chi connectivity index (χ1) is 38.9. The van der Waals surface area contributed by atoms with Crippen LogP contribution in [0.1, 0.15) is 87.8 Å². The van der Waals surface area contributed by atoms with E-state index in [-0.39, 0.29) is 22.9 Å². The smallest absolute Gasteiger partial charge is 0.318 e. The van der Waals surface area contributed by atoms with Gasteiger partial charge in [0.05, 0.1) is 68.7 Å². The highest BCUT2D eigenvalue weighted by Crippen LogP contribution is 2.51. The predicted octanol–water partition coefficient (Wildman–Crippen LogP) is 14.6. The number of hydrogen-bond acceptors (Lipinski definition) is 13. The molecule has 0 heterocycles. The van der Waals surface area contributed by atoms with Crippen molar-refractivity contribution in [1.82, 2.24) is 0 Å². The molecule has 2 aliphatic carbocycles. The third-order valence-corrected chi connectivity index (χ3v) is 24.6. The second-order valence-corrected chi connectivity index (χ2v) is 32.4. The fraction of sp³-hybridized carbons (Fsp3) is 0.419. The molecule has 0 saturated carbocycles. The number of carbonyl (C=O) groups is 2. The van der Waals surface area contributed by atoms with E-state index < -0.39 is 75.2 Å². The summed E-state index contributed by atoms with van der Waals surface area (Å²) in [6, 6.07) is 14.6. The molecular formula is C62H75F5O14Si2. The zero-order valence-electron chi connectivity index (χ0n) is 50.4. The van der Waals surface area contributed by atoms with Gasteiger partial charge >= 0.3 is 11.9 Å². The molecule has 2 atom stereocenters. The Hall–Kier alpha value is -7.40. The maximum atomic E-state index is 14.5. The van der Waals surface area contributed by atoms with Crippen molar-refractivity contribution in [2.24, 2.45) is 11.8 Å². The maximum Gasteiger partial charge on any atom is 0.318 e. The molecule has 5 aromatic carbocycles. The highest BCUT2D eigenvalue weighted by atomic mass is 28.4. The predicted molar refractivity (Wildman–Crippen MR) is 311 cm³/mol. The molecule has 0 fully saturated rings. The van der Waals surface area contributed by atoms with Crippen molar-refractivity contribution in [1.29, 1.82) is 0 Å². The lowest BCUT2D eigenvalue weighted by Gasteiger charge is -2.37. The summed E-state index contributed by atoms with van der Waals surface area (Å²) in [6.45, 7) is 21.3. The van der Waals surface area contributed by atoms with E-state index in [4.69, 9.17) is 51.5 Å². The number of aliphatic carboxylic acids is 1. The van der Waals surface area contributed by atoms with Gasteiger partial charge in [0.15, 0.2) is 34.5 Å². The summed E-state index contributed by atoms with van der Waals surface area (Å²) in [5.41, 5.74) is 5.54. The van der Waals surface area contributed by atoms with Crippen LogP contribution >= 0.6 is 0 Å². The van der Waals surface area contributed by atoms with Crippen molar-refractivity contribution in [3.8, 4) is 63.2 Å². The van der Waals surface area contributed by atoms with Gasteiger partial charge in [-0.25, -0.2) is 13.2 Å². The third kappa shape index (κ3) is 13.2. The van der Waals surface area contributed by atoms with Crippen molar-refractivity contribution >= 4 is 39.7 Å². The standard InChI is InChI=1S/C34H37F5O7Si.C28H38O7Si/c1-34(2,3)47(8,9)46-23-15-17(11-13-22(23)41-4)20-14-18(33(40)45-32-28(38)26(36)25(35)27(37)29(32)39)10-12-19-21(20)16-24(42-5)31(44-7)30(19)43-6;1-28(2,3)36(8,9)35-23-15-17(11-13-22(23)31-4)20-14-18(27(29)30)10-12-19-21(20)16-24(32-5)26(34-7)25(19)33-6/h11,13-16,18H,10,12H2,1-9H3;11,13-16,18H,10,12H2,1-9H3,(H,29,30)/t2*18-/m11/s1. The molecule has 0 bridgehead atoms. The van der Waals surface area contributed by atoms with Gasteiger partial charge in [-0.05, 0) is 132 Å². The molecule has 0 aromatic heterocycles. The van der Waals surface area contributed by atoms with Crippen LogP contribution in [0.15, 0.2) is 60.7 Å². The third-order valence-electron chi connectivity index (χ3n) is 15.9. The van der Waals surface area contributed by atoms with Crippen molar-refractivity contribution in [3.05, 3.63) is 123 Å². The summed E-state index contributed by atoms with van der Waals surface area (Å²) in [6.07, 6.45) is 4.46. The van der Waals surface area contributed by atoms with E-state index >= 15 is 0 Å². The minimum absolute atomic E-state index is 0.00606. The second-order valence-electron chi connectivity index (χ2n) is 22.9. The van der Waals surface area contributed by atoms with Crippen molar-refractivity contribution in [2.45, 2.75) is 103 Å². The Morgan fingerprint density at radius 1 is 0.458 bits per heavy atom. The maximum absolute atomic E-state index is 14.5. The molecular weight excluding hydrogens is 1120 g/mol. The van der Waals surface area contributed by atoms with Gasteiger partial charge in [-0.3, -0.25) is 9.59 Å². The molecule has 7 rings (SSSR count). The van der Waals surface area contributed by atoms with Crippen LogP contribution in [0.3, 0.4) is 0 Å². The van der Waals surface area contributed by atoms with E-state index in [9.17, 15) is 36.6 Å². The fourth-order valence-electron chi connectivity index (χ4n) is 9.20. The Morgan fingerprint density at radius 3 is 1.14 bits per heavy atom. The Bertz CT molecular complexity index is 3300. The summed E-state index contributed by atoms with van der Waals surface area (Å²) in [4.78, 5) is 25.6. The zero-order chi connectivity index (χ0) is 61.8. The van der Waals surface area contributed by atoms with Gasteiger partial charge in [0.25, 0.3) is 16.6 Å². The van der Waals surface area contributed by atoms with Crippen molar-refractivity contribution in [2.75, 3.05) is 56.9 Å². The Balaban J connectivity index is 0.000000276. The van der Waals surface area contributed by atoms with Crippen LogP contribution in [0, 0.1) is 40.9 Å². The topological polar surface area (TPSA) is 156 Å². The molecule has 1 N–H and O–H groups in total. The van der Waals surface area contributed by atoms with Gasteiger partial charge < -0.3 is 56.6 Å². The first kappa shape index (κ1) is 64.8. The van der Waals surface area contributed by atoms with E-state index in [1.165, 1.54) is 34.5 Å². The normalized spacial score (nSPS) is 15.3. The average Bonchev–Trinajstić information content (AvgIpc) is 3.27. The number of methoxy groups -OCH3 is 8. The lowest BCUT2D eigenvalue weighted by molar-refractivity contribution is -0.140. The van der Waals surface area contributed by atoms with Gasteiger partial charge in [0, 0.05) is 11.1 Å². The molecule has 0 spiro atoms. The summed E-state index contributed by atoms with van der Waals surface area (Å²) in [7, 11) is 7.64. The van der Waals surface area contributed by atoms with Gasteiger partial charge in [-0.15, -0.1) is 0 Å². The SMILES string of the molecule is COc1ccc(C2=C[C@H](C(=O)O)CCc3c2cc(OC)c(OC)c3OC)cc1O[Si](C)(C)C(C)(C)C.COc1ccc(C2=C[C@H](C(=O)Oc3c(F)c(F)c(F)c(F)c3F)CCc3c2cc(OC)c(OC)c3OC)cc1O[Si](C)(C)C(C)(C)C. The van der Waals surface area contributed by atoms with Crippen LogP contribution in [0.5, 0.6) is 63.2 Å². The number of benzene rings is 5. The quantitative estimate of drug-likeness (QED) is 0.0234. The minimum Gasteiger partial charge on any atom is -0.541 e. The number of rotatable bonds is 17. The van der Waals surface area contributed by atoms with Crippen LogP contribution in [0.2, 0.25) is 36.3 Å². The van der Waals surface area contributed by atoms with Gasteiger partial charge in [-0.1, -0.05) is 65.8 Å². The van der Waals surface area contributed by atoms with Crippen LogP contribution in [-0.2, 0) is 22.4 Å². The molecule has 83 heavy (non-hydrogen) atoms. The fourth-order valence-corrected chi connectivity index (χ4v) is 11.2. The van der Waals surface area contributed by atoms with Crippen molar-refractivity contribution < 1.29 is 88.1 Å². The first-order valence-electron chi connectivity index (χ1n) is 26.7. The Labute approximate surface area is 484 Å². The van der Waals surface area contributed by atoms with Crippen LogP contribution in [-0.4, -0.2) is 90.6 Å². The van der Waals surface area contributed by atoms with Gasteiger partial charge in [0.2, 0.25) is 46.3 Å². The Kier molecular flexibility index (Phi) is 20.0. The molecule has 0 unspecified atom stereocenters. The van der Waals surface area contributed by atoms with Gasteiger partial charge in [-0.2, -0.15) is 8.78 Å². The molecule has 450 valence electrons. The van der Waals surface area contributed by atoms with E-state index in [0.717, 1.165) is 22.3 Å². The van der Waals surface area contributed by atoms with E-state index in [2.05, 4.69) is 67.7 Å². The molecule has 21 heteroatoms. The summed E-state index contributed by atoms with van der Waals surface area (Å²) < 4.78 is 134. The number of carboxylic acid groups (broad SMARTS) is 1. The highest BCUT2D eigenvalue weighted by molar-refractivity contribution is 6.75. The lowest BCUT2D eigenvalue weighted by atomic mass is 9.92. The molecule has 2 aliphatic rings. The number of carbonyl (C=O) groups excluding carboxylic acids is 1. The van der Waals surface area contributed by atoms with Gasteiger partial charge in [0.1, 0.15) is 11.5 Å². The summed E-state index contributed by atoms with van der Waals surface area (Å²) >= 11 is 0. The molecule has 0 saturated heterocycles. The summed E-state index contributed by atoms with van der Waals surface area (Å²) in [5, 5.41) is 9.79.